The molecule has 3 aromatic heterocycles. The predicted molar refractivity (Wildman–Crippen MR) is 239 cm³/mol. The number of hydrogen-bond acceptors (Lipinski definition) is 5. The Bertz CT molecular complexity index is 3420. The number of pyridine rings is 1. The number of nitrogens with one attached hydrogen (secondary N) is 1. The summed E-state index contributed by atoms with van der Waals surface area (Å²) in [4.78, 5) is 15.5. The number of hydrogen-bond donors (Lipinski definition) is 1. The first-order valence-electron chi connectivity index (χ1n) is 19.6. The van der Waals surface area contributed by atoms with E-state index in [9.17, 15) is 0 Å². The van der Waals surface area contributed by atoms with E-state index in [1.54, 1.807) is 0 Å². The summed E-state index contributed by atoms with van der Waals surface area (Å²) >= 11 is 0. The number of aromatic nitrogens is 2. The highest BCUT2D eigenvalue weighted by atomic mass is 16.3. The molecule has 8 aromatic carbocycles. The van der Waals surface area contributed by atoms with E-state index in [4.69, 9.17) is 19.4 Å². The van der Waals surface area contributed by atoms with Gasteiger partial charge in [0.05, 0.1) is 22.2 Å². The number of fused-ring (bicyclic) bond motifs is 10. The maximum absolute atomic E-state index is 6.80. The molecule has 58 heavy (non-hydrogen) atoms. The van der Waals surface area contributed by atoms with Gasteiger partial charge >= 0.3 is 0 Å². The second-order valence-corrected chi connectivity index (χ2v) is 14.8. The van der Waals surface area contributed by atoms with Crippen LogP contribution in [0.1, 0.15) is 17.4 Å². The van der Waals surface area contributed by atoms with Crippen LogP contribution in [-0.2, 0) is 0 Å². The van der Waals surface area contributed by atoms with Crippen LogP contribution in [-0.4, -0.2) is 21.2 Å². The molecule has 6 nitrogen and oxygen atoms in total. The molecule has 0 radical (unpaired) electrons. The molecule has 0 bridgehead atoms. The van der Waals surface area contributed by atoms with Gasteiger partial charge in [-0.2, -0.15) is 0 Å². The van der Waals surface area contributed by atoms with Crippen molar-refractivity contribution in [2.24, 2.45) is 9.98 Å². The lowest BCUT2D eigenvalue weighted by Gasteiger charge is -2.26. The zero-order valence-corrected chi connectivity index (χ0v) is 31.2. The Morgan fingerprint density at radius 3 is 1.83 bits per heavy atom. The highest BCUT2D eigenvalue weighted by Gasteiger charge is 2.25. The molecule has 0 aliphatic carbocycles. The average molecular weight is 744 g/mol. The second kappa shape index (κ2) is 12.9. The first kappa shape index (κ1) is 32.4. The molecular formula is C52H33N5O. The van der Waals surface area contributed by atoms with Crippen LogP contribution in [0.25, 0.3) is 87.8 Å². The number of furan rings is 1. The first-order chi connectivity index (χ1) is 28.8. The quantitative estimate of drug-likeness (QED) is 0.179. The lowest BCUT2D eigenvalue weighted by atomic mass is 9.95. The molecule has 1 aliphatic heterocycles. The molecule has 1 N–H and O–H groups in total. The van der Waals surface area contributed by atoms with Crippen molar-refractivity contribution in [1.82, 2.24) is 14.9 Å². The van der Waals surface area contributed by atoms with E-state index in [0.717, 1.165) is 94.0 Å². The number of benzene rings is 8. The topological polar surface area (TPSA) is 67.7 Å². The van der Waals surface area contributed by atoms with E-state index in [1.807, 2.05) is 24.3 Å². The SMILES string of the molecule is c1ccc(C2=NC(n3c4ccccc4c4ccccc43)NC(c3ccc(-c4cccc5c4oc4ccc6c(-c7ccccc7)nc7ccccc7c6c45)cc3)=N2)cc1. The average Bonchev–Trinajstić information content (AvgIpc) is 3.85. The van der Waals surface area contributed by atoms with Crippen LogP contribution in [0.15, 0.2) is 202 Å². The van der Waals surface area contributed by atoms with Gasteiger partial charge in [-0.1, -0.05) is 158 Å². The number of aliphatic imine (C=N–C) groups is 2. The van der Waals surface area contributed by atoms with Crippen LogP contribution in [0.3, 0.4) is 0 Å². The van der Waals surface area contributed by atoms with Gasteiger partial charge in [-0.25, -0.2) is 15.0 Å². The fourth-order valence-corrected chi connectivity index (χ4v) is 8.83. The highest BCUT2D eigenvalue weighted by Crippen LogP contribution is 2.43. The Morgan fingerprint density at radius 1 is 0.466 bits per heavy atom. The molecule has 0 saturated carbocycles. The number of para-hydroxylation sites is 4. The van der Waals surface area contributed by atoms with Crippen molar-refractivity contribution in [2.75, 3.05) is 0 Å². The predicted octanol–water partition coefficient (Wildman–Crippen LogP) is 12.7. The Kier molecular flexibility index (Phi) is 7.19. The summed E-state index contributed by atoms with van der Waals surface area (Å²) in [6.45, 7) is 0. The van der Waals surface area contributed by atoms with E-state index >= 15 is 0 Å². The standard InChI is InChI=1S/C52H33N5O/c1-3-14-33(15-4-1)48-40-30-31-45-47(46(40)39-20-7-10-23-42(39)53-48)41-22-13-21-36(49(41)58-45)32-26-28-35(29-27-32)51-54-50(34-16-5-2-6-17-34)55-52(56-51)57-43-24-11-8-18-37(43)38-19-9-12-25-44(38)57/h1-31,52H,(H,54,55,56). The molecule has 11 aromatic rings. The third-order valence-electron chi connectivity index (χ3n) is 11.5. The van der Waals surface area contributed by atoms with Gasteiger partial charge < -0.3 is 14.3 Å². The van der Waals surface area contributed by atoms with Crippen LogP contribution >= 0.6 is 0 Å². The van der Waals surface area contributed by atoms with E-state index < -0.39 is 6.29 Å². The van der Waals surface area contributed by atoms with Crippen LogP contribution in [0, 0.1) is 0 Å². The van der Waals surface area contributed by atoms with E-state index in [1.165, 1.54) is 10.8 Å². The minimum absolute atomic E-state index is 0.417. The smallest absolute Gasteiger partial charge is 0.204 e. The number of rotatable bonds is 5. The van der Waals surface area contributed by atoms with Crippen LogP contribution in [0.4, 0.5) is 0 Å². The Balaban J connectivity index is 0.983. The van der Waals surface area contributed by atoms with Gasteiger partial charge in [0.15, 0.2) is 5.84 Å². The van der Waals surface area contributed by atoms with Gasteiger partial charge in [0.25, 0.3) is 0 Å². The molecular weight excluding hydrogens is 711 g/mol. The maximum atomic E-state index is 6.80. The molecule has 12 rings (SSSR count). The van der Waals surface area contributed by atoms with Crippen molar-refractivity contribution in [3.63, 3.8) is 0 Å². The summed E-state index contributed by atoms with van der Waals surface area (Å²) in [5, 5.41) is 11.7. The molecule has 1 unspecified atom stereocenters. The van der Waals surface area contributed by atoms with Gasteiger partial charge in [-0.3, -0.25) is 0 Å². The fourth-order valence-electron chi connectivity index (χ4n) is 8.83. The van der Waals surface area contributed by atoms with Gasteiger partial charge in [-0.05, 0) is 35.9 Å². The van der Waals surface area contributed by atoms with E-state index in [0.29, 0.717) is 5.84 Å². The molecule has 0 saturated heterocycles. The minimum atomic E-state index is -0.417. The van der Waals surface area contributed by atoms with E-state index in [2.05, 4.69) is 174 Å². The number of nitrogens with zero attached hydrogens (tertiary/aromatic N) is 4. The lowest BCUT2D eigenvalue weighted by molar-refractivity contribution is 0.516. The van der Waals surface area contributed by atoms with Crippen molar-refractivity contribution < 1.29 is 4.42 Å². The summed E-state index contributed by atoms with van der Waals surface area (Å²) in [7, 11) is 0. The first-order valence-corrected chi connectivity index (χ1v) is 19.6. The third-order valence-corrected chi connectivity index (χ3v) is 11.5. The van der Waals surface area contributed by atoms with Crippen molar-refractivity contribution >= 4 is 77.1 Å². The minimum Gasteiger partial charge on any atom is -0.455 e. The molecule has 0 amide bonds. The maximum Gasteiger partial charge on any atom is 0.204 e. The molecule has 1 aliphatic rings. The van der Waals surface area contributed by atoms with E-state index in [-0.39, 0.29) is 0 Å². The van der Waals surface area contributed by atoms with Gasteiger partial charge in [0.2, 0.25) is 6.29 Å². The zero-order valence-electron chi connectivity index (χ0n) is 31.2. The Morgan fingerprint density at radius 2 is 1.09 bits per heavy atom. The lowest BCUT2D eigenvalue weighted by Crippen LogP contribution is -2.36. The normalized spacial score (nSPS) is 14.4. The third kappa shape index (κ3) is 5.02. The summed E-state index contributed by atoms with van der Waals surface area (Å²) < 4.78 is 9.08. The summed E-state index contributed by atoms with van der Waals surface area (Å²) in [5.74, 6) is 1.44. The largest absolute Gasteiger partial charge is 0.455 e. The van der Waals surface area contributed by atoms with Gasteiger partial charge in [-0.15, -0.1) is 0 Å². The monoisotopic (exact) mass is 743 g/mol. The van der Waals surface area contributed by atoms with Crippen molar-refractivity contribution in [3.05, 3.63) is 199 Å². The van der Waals surface area contributed by atoms with Crippen molar-refractivity contribution in [2.45, 2.75) is 6.29 Å². The summed E-state index contributed by atoms with van der Waals surface area (Å²) in [5.41, 5.74) is 11.0. The Hall–Kier alpha value is -7.83. The fraction of sp³-hybridized carbons (Fsp3) is 0.0192. The van der Waals surface area contributed by atoms with Gasteiger partial charge in [0.1, 0.15) is 17.0 Å². The molecule has 272 valence electrons. The number of amidine groups is 2. The molecule has 0 fully saturated rings. The summed E-state index contributed by atoms with van der Waals surface area (Å²) in [6.07, 6.45) is -0.417. The molecule has 4 heterocycles. The molecule has 6 heteroatoms. The highest BCUT2D eigenvalue weighted by molar-refractivity contribution is 6.29. The van der Waals surface area contributed by atoms with Crippen LogP contribution < -0.4 is 5.32 Å². The van der Waals surface area contributed by atoms with Crippen molar-refractivity contribution in [3.8, 4) is 22.4 Å². The Labute approximate surface area is 333 Å². The van der Waals surface area contributed by atoms with Gasteiger partial charge in [0, 0.05) is 60.0 Å². The second-order valence-electron chi connectivity index (χ2n) is 14.8. The molecule has 0 spiro atoms. The zero-order chi connectivity index (χ0) is 38.2. The van der Waals surface area contributed by atoms with Crippen molar-refractivity contribution in [1.29, 1.82) is 0 Å². The molecule has 1 atom stereocenters. The van der Waals surface area contributed by atoms with Crippen LogP contribution in [0.5, 0.6) is 0 Å². The van der Waals surface area contributed by atoms with Crippen LogP contribution in [0.2, 0.25) is 0 Å². The summed E-state index contributed by atoms with van der Waals surface area (Å²) in [6, 6.07) is 65.4.